The molecule has 5 nitrogen and oxygen atoms in total. The van der Waals surface area contributed by atoms with Gasteiger partial charge in [0.25, 0.3) is 0 Å². The van der Waals surface area contributed by atoms with Crippen LogP contribution in [-0.4, -0.2) is 34.8 Å². The molecule has 0 radical (unpaired) electrons. The number of rotatable bonds is 4. The van der Waals surface area contributed by atoms with Gasteiger partial charge in [0, 0.05) is 6.04 Å². The van der Waals surface area contributed by atoms with Crippen molar-refractivity contribution in [3.05, 3.63) is 5.89 Å². The second kappa shape index (κ2) is 5.54. The Bertz CT molecular complexity index is 324. The van der Waals surface area contributed by atoms with Gasteiger partial charge in [-0.1, -0.05) is 5.10 Å². The molecule has 2 heterocycles. The highest BCUT2D eigenvalue weighted by Gasteiger charge is 2.17. The van der Waals surface area contributed by atoms with Crippen molar-refractivity contribution in [2.45, 2.75) is 31.8 Å². The highest BCUT2D eigenvalue weighted by molar-refractivity contribution is 7.99. The van der Waals surface area contributed by atoms with Crippen molar-refractivity contribution in [2.24, 2.45) is 0 Å². The normalized spacial score (nSPS) is 19.6. The monoisotopic (exact) mass is 242 g/mol. The maximum absolute atomic E-state index is 5.54. The molecule has 1 aliphatic rings. The van der Waals surface area contributed by atoms with Crippen LogP contribution in [0.15, 0.2) is 4.42 Å². The minimum Gasteiger partial charge on any atom is -0.406 e. The Balaban J connectivity index is 1.91. The fraction of sp³-hybridized carbons (Fsp3) is 0.800. The summed E-state index contributed by atoms with van der Waals surface area (Å²) in [7, 11) is 1.88. The first kappa shape index (κ1) is 11.7. The van der Waals surface area contributed by atoms with Gasteiger partial charge in [0.05, 0.1) is 6.04 Å². The van der Waals surface area contributed by atoms with E-state index in [-0.39, 0.29) is 6.04 Å². The van der Waals surface area contributed by atoms with Crippen LogP contribution >= 0.6 is 11.8 Å². The molecule has 0 spiro atoms. The lowest BCUT2D eigenvalue weighted by Gasteiger charge is -2.21. The zero-order chi connectivity index (χ0) is 11.4. The number of thioether (sulfide) groups is 1. The summed E-state index contributed by atoms with van der Waals surface area (Å²) >= 11 is 2.01. The summed E-state index contributed by atoms with van der Waals surface area (Å²) in [6.07, 6.45) is 2.34. The first-order chi connectivity index (χ1) is 7.79. The van der Waals surface area contributed by atoms with Crippen LogP contribution in [0.4, 0.5) is 6.01 Å². The van der Waals surface area contributed by atoms with E-state index in [2.05, 4.69) is 20.8 Å². The molecule has 1 unspecified atom stereocenters. The average molecular weight is 242 g/mol. The third-order valence-corrected chi connectivity index (χ3v) is 3.84. The summed E-state index contributed by atoms with van der Waals surface area (Å²) in [6.45, 7) is 1.99. The van der Waals surface area contributed by atoms with Gasteiger partial charge < -0.3 is 15.1 Å². The molecule has 6 heteroatoms. The maximum atomic E-state index is 5.54. The van der Waals surface area contributed by atoms with Gasteiger partial charge in [-0.25, -0.2) is 0 Å². The van der Waals surface area contributed by atoms with Gasteiger partial charge in [0.15, 0.2) is 0 Å². The van der Waals surface area contributed by atoms with Crippen LogP contribution < -0.4 is 10.6 Å². The molecule has 0 bridgehead atoms. The van der Waals surface area contributed by atoms with E-state index in [0.29, 0.717) is 17.9 Å². The van der Waals surface area contributed by atoms with Gasteiger partial charge in [-0.2, -0.15) is 11.8 Å². The Kier molecular flexibility index (Phi) is 4.06. The number of nitrogens with one attached hydrogen (secondary N) is 2. The van der Waals surface area contributed by atoms with Gasteiger partial charge >= 0.3 is 6.01 Å². The largest absolute Gasteiger partial charge is 0.406 e. The minimum atomic E-state index is 0.102. The first-order valence-electron chi connectivity index (χ1n) is 5.64. The fourth-order valence-electron chi connectivity index (χ4n) is 1.61. The SMILES string of the molecule is CNC(C)c1nnc(NC2CCSCC2)o1. The molecule has 0 amide bonds. The van der Waals surface area contributed by atoms with E-state index in [9.17, 15) is 0 Å². The third-order valence-electron chi connectivity index (χ3n) is 2.79. The molecule has 90 valence electrons. The predicted molar refractivity (Wildman–Crippen MR) is 65.7 cm³/mol. The third kappa shape index (κ3) is 2.89. The first-order valence-corrected chi connectivity index (χ1v) is 6.80. The number of aromatic nitrogens is 2. The summed E-state index contributed by atoms with van der Waals surface area (Å²) in [5, 5.41) is 14.4. The van der Waals surface area contributed by atoms with Crippen molar-refractivity contribution in [3.8, 4) is 0 Å². The summed E-state index contributed by atoms with van der Waals surface area (Å²) < 4.78 is 5.54. The number of hydrogen-bond donors (Lipinski definition) is 2. The lowest BCUT2D eigenvalue weighted by molar-refractivity contribution is 0.437. The molecule has 2 rings (SSSR count). The molecular formula is C10H18N4OS. The molecule has 1 saturated heterocycles. The van der Waals surface area contributed by atoms with Gasteiger partial charge in [0.1, 0.15) is 0 Å². The molecule has 0 saturated carbocycles. The van der Waals surface area contributed by atoms with Crippen molar-refractivity contribution >= 4 is 17.8 Å². The maximum Gasteiger partial charge on any atom is 0.315 e. The molecule has 1 aromatic heterocycles. The van der Waals surface area contributed by atoms with E-state index >= 15 is 0 Å². The number of hydrogen-bond acceptors (Lipinski definition) is 6. The average Bonchev–Trinajstić information content (AvgIpc) is 2.78. The number of anilines is 1. The van der Waals surface area contributed by atoms with Gasteiger partial charge in [0.2, 0.25) is 5.89 Å². The lowest BCUT2D eigenvalue weighted by atomic mass is 10.2. The van der Waals surface area contributed by atoms with Crippen LogP contribution in [0.25, 0.3) is 0 Å². The van der Waals surface area contributed by atoms with Gasteiger partial charge in [-0.3, -0.25) is 0 Å². The molecule has 0 aliphatic carbocycles. The topological polar surface area (TPSA) is 63.0 Å². The summed E-state index contributed by atoms with van der Waals surface area (Å²) in [6, 6.07) is 1.14. The molecule has 16 heavy (non-hydrogen) atoms. The lowest BCUT2D eigenvalue weighted by Crippen LogP contribution is -2.24. The summed E-state index contributed by atoms with van der Waals surface area (Å²) in [5.74, 6) is 3.06. The van der Waals surface area contributed by atoms with Crippen molar-refractivity contribution in [2.75, 3.05) is 23.9 Å². The van der Waals surface area contributed by atoms with Crippen LogP contribution in [0.5, 0.6) is 0 Å². The van der Waals surface area contributed by atoms with Crippen molar-refractivity contribution < 1.29 is 4.42 Å². The van der Waals surface area contributed by atoms with E-state index < -0.39 is 0 Å². The summed E-state index contributed by atoms with van der Waals surface area (Å²) in [4.78, 5) is 0. The van der Waals surface area contributed by atoms with Crippen molar-refractivity contribution in [1.82, 2.24) is 15.5 Å². The van der Waals surface area contributed by atoms with E-state index in [0.717, 1.165) is 0 Å². The molecule has 1 fully saturated rings. The Hall–Kier alpha value is -0.750. The highest BCUT2D eigenvalue weighted by Crippen LogP contribution is 2.21. The summed E-state index contributed by atoms with van der Waals surface area (Å²) in [5.41, 5.74) is 0. The molecule has 1 aliphatic heterocycles. The Morgan fingerprint density at radius 1 is 1.38 bits per heavy atom. The molecule has 2 N–H and O–H groups in total. The van der Waals surface area contributed by atoms with E-state index in [1.165, 1.54) is 24.3 Å². The smallest absolute Gasteiger partial charge is 0.315 e. The van der Waals surface area contributed by atoms with Crippen molar-refractivity contribution in [3.63, 3.8) is 0 Å². The predicted octanol–water partition coefficient (Wildman–Crippen LogP) is 1.66. The Morgan fingerprint density at radius 2 is 2.12 bits per heavy atom. The van der Waals surface area contributed by atoms with Crippen LogP contribution in [0.1, 0.15) is 31.7 Å². The second-order valence-corrected chi connectivity index (χ2v) is 5.21. The van der Waals surface area contributed by atoms with Gasteiger partial charge in [-0.15, -0.1) is 5.10 Å². The van der Waals surface area contributed by atoms with Crippen LogP contribution in [-0.2, 0) is 0 Å². The van der Waals surface area contributed by atoms with Crippen LogP contribution in [0.2, 0.25) is 0 Å². The van der Waals surface area contributed by atoms with Crippen molar-refractivity contribution in [1.29, 1.82) is 0 Å². The molecule has 0 aromatic carbocycles. The minimum absolute atomic E-state index is 0.102. The zero-order valence-corrected chi connectivity index (χ0v) is 10.5. The molecule has 1 aromatic rings. The quantitative estimate of drug-likeness (QED) is 0.837. The Morgan fingerprint density at radius 3 is 2.81 bits per heavy atom. The van der Waals surface area contributed by atoms with E-state index in [4.69, 9.17) is 4.42 Å². The highest BCUT2D eigenvalue weighted by atomic mass is 32.2. The zero-order valence-electron chi connectivity index (χ0n) is 9.69. The molecular weight excluding hydrogens is 224 g/mol. The second-order valence-electron chi connectivity index (χ2n) is 3.99. The fourth-order valence-corrected chi connectivity index (χ4v) is 2.71. The Labute approximate surface area is 99.8 Å². The standard InChI is InChI=1S/C10H18N4OS/c1-7(11-2)9-13-14-10(15-9)12-8-3-5-16-6-4-8/h7-8,11H,3-6H2,1-2H3,(H,12,14). The molecule has 1 atom stereocenters. The van der Waals surface area contributed by atoms with Gasteiger partial charge in [-0.05, 0) is 38.3 Å². The van der Waals surface area contributed by atoms with E-state index in [1.54, 1.807) is 0 Å². The van der Waals surface area contributed by atoms with Crippen LogP contribution in [0.3, 0.4) is 0 Å². The van der Waals surface area contributed by atoms with Crippen LogP contribution in [0, 0.1) is 0 Å². The number of nitrogens with zero attached hydrogens (tertiary/aromatic N) is 2. The van der Waals surface area contributed by atoms with E-state index in [1.807, 2.05) is 25.7 Å².